The van der Waals surface area contributed by atoms with E-state index < -0.39 is 0 Å². The van der Waals surface area contributed by atoms with Crippen molar-refractivity contribution in [2.45, 2.75) is 6.54 Å². The summed E-state index contributed by atoms with van der Waals surface area (Å²) >= 11 is 3.40. The van der Waals surface area contributed by atoms with Crippen molar-refractivity contribution >= 4 is 45.3 Å². The van der Waals surface area contributed by atoms with Crippen LogP contribution in [-0.4, -0.2) is 19.0 Å². The van der Waals surface area contributed by atoms with E-state index in [-0.39, 0.29) is 11.9 Å². The van der Waals surface area contributed by atoms with Crippen LogP contribution in [0.2, 0.25) is 0 Å². The third-order valence-electron chi connectivity index (χ3n) is 4.02. The van der Waals surface area contributed by atoms with Crippen LogP contribution in [0.1, 0.15) is 11.3 Å². The van der Waals surface area contributed by atoms with Crippen molar-refractivity contribution in [1.29, 1.82) is 0 Å². The number of amides is 3. The number of halogens is 1. The molecule has 0 aliphatic rings. The Hall–Kier alpha value is -3.52. The van der Waals surface area contributed by atoms with Gasteiger partial charge in [-0.1, -0.05) is 15.9 Å². The maximum absolute atomic E-state index is 12.2. The first-order valence-corrected chi connectivity index (χ1v) is 9.82. The first-order chi connectivity index (χ1) is 14.5. The van der Waals surface area contributed by atoms with E-state index in [2.05, 4.69) is 31.9 Å². The number of urea groups is 1. The number of anilines is 2. The standard InChI is InChI=1S/C22H20BrN3O4/c1-29-20-10-5-16(23)13-15(20)4-11-21(27)25-17-6-8-18(9-7-17)26-22(28)24-14-19-3-2-12-30-19/h2-13H,14H2,1H3,(H,25,27)(H2,24,26,28)/b11-4+. The van der Waals surface area contributed by atoms with Gasteiger partial charge in [0.1, 0.15) is 11.5 Å². The van der Waals surface area contributed by atoms with Crippen LogP contribution in [0.25, 0.3) is 6.08 Å². The summed E-state index contributed by atoms with van der Waals surface area (Å²) in [4.78, 5) is 24.1. The van der Waals surface area contributed by atoms with Gasteiger partial charge in [0, 0.05) is 27.5 Å². The van der Waals surface area contributed by atoms with Gasteiger partial charge in [-0.05, 0) is 60.7 Å². The molecular formula is C22H20BrN3O4. The molecule has 0 spiro atoms. The zero-order chi connectivity index (χ0) is 21.3. The van der Waals surface area contributed by atoms with Crippen molar-refractivity contribution in [3.8, 4) is 5.75 Å². The third-order valence-corrected chi connectivity index (χ3v) is 4.51. The summed E-state index contributed by atoms with van der Waals surface area (Å²) in [5.74, 6) is 1.05. The summed E-state index contributed by atoms with van der Waals surface area (Å²) in [6.45, 7) is 0.294. The number of carbonyl (C=O) groups is 2. The summed E-state index contributed by atoms with van der Waals surface area (Å²) < 4.78 is 11.3. The Morgan fingerprint density at radius 1 is 1.07 bits per heavy atom. The maximum Gasteiger partial charge on any atom is 0.319 e. The van der Waals surface area contributed by atoms with Crippen molar-refractivity contribution in [2.24, 2.45) is 0 Å². The van der Waals surface area contributed by atoms with E-state index in [4.69, 9.17) is 9.15 Å². The molecule has 0 aliphatic heterocycles. The second kappa shape index (κ2) is 10.3. The van der Waals surface area contributed by atoms with Gasteiger partial charge in [0.2, 0.25) is 5.91 Å². The molecule has 7 nitrogen and oxygen atoms in total. The molecule has 3 aromatic rings. The predicted molar refractivity (Wildman–Crippen MR) is 119 cm³/mol. The van der Waals surface area contributed by atoms with Crippen LogP contribution < -0.4 is 20.7 Å². The quantitative estimate of drug-likeness (QED) is 0.423. The molecular weight excluding hydrogens is 450 g/mol. The number of hydrogen-bond acceptors (Lipinski definition) is 4. The number of nitrogens with one attached hydrogen (secondary N) is 3. The maximum atomic E-state index is 12.2. The fourth-order valence-electron chi connectivity index (χ4n) is 2.58. The monoisotopic (exact) mass is 469 g/mol. The molecule has 3 rings (SSSR count). The van der Waals surface area contributed by atoms with E-state index in [0.717, 1.165) is 10.0 Å². The van der Waals surface area contributed by atoms with E-state index in [1.54, 1.807) is 55.8 Å². The van der Waals surface area contributed by atoms with Crippen LogP contribution in [0.4, 0.5) is 16.2 Å². The van der Waals surface area contributed by atoms with E-state index in [1.807, 2.05) is 18.2 Å². The topological polar surface area (TPSA) is 92.6 Å². The molecule has 0 unspecified atom stereocenters. The number of methoxy groups -OCH3 is 1. The Bertz CT molecular complexity index is 1030. The van der Waals surface area contributed by atoms with E-state index in [1.165, 1.54) is 6.08 Å². The lowest BCUT2D eigenvalue weighted by Crippen LogP contribution is -2.27. The molecule has 0 aliphatic carbocycles. The van der Waals surface area contributed by atoms with Crippen molar-refractivity contribution < 1.29 is 18.7 Å². The van der Waals surface area contributed by atoms with Crippen molar-refractivity contribution in [3.63, 3.8) is 0 Å². The fourth-order valence-corrected chi connectivity index (χ4v) is 2.96. The number of carbonyl (C=O) groups excluding carboxylic acids is 2. The number of hydrogen-bond donors (Lipinski definition) is 3. The lowest BCUT2D eigenvalue weighted by molar-refractivity contribution is -0.111. The molecule has 0 saturated carbocycles. The van der Waals surface area contributed by atoms with E-state index in [9.17, 15) is 9.59 Å². The van der Waals surface area contributed by atoms with Crippen LogP contribution >= 0.6 is 15.9 Å². The molecule has 3 N–H and O–H groups in total. The number of rotatable bonds is 7. The van der Waals surface area contributed by atoms with Crippen molar-refractivity contribution in [2.75, 3.05) is 17.7 Å². The van der Waals surface area contributed by atoms with Gasteiger partial charge in [0.05, 0.1) is 19.9 Å². The lowest BCUT2D eigenvalue weighted by atomic mass is 10.2. The number of ether oxygens (including phenoxy) is 1. The minimum Gasteiger partial charge on any atom is -0.496 e. The average Bonchev–Trinajstić information content (AvgIpc) is 3.26. The van der Waals surface area contributed by atoms with E-state index in [0.29, 0.717) is 29.4 Å². The summed E-state index contributed by atoms with van der Waals surface area (Å²) in [5.41, 5.74) is 1.98. The predicted octanol–water partition coefficient (Wildman–Crippen LogP) is 5.02. The Morgan fingerprint density at radius 2 is 1.80 bits per heavy atom. The fraction of sp³-hybridized carbons (Fsp3) is 0.0909. The molecule has 0 bridgehead atoms. The van der Waals surface area contributed by atoms with Gasteiger partial charge in [-0.3, -0.25) is 4.79 Å². The first kappa shape index (κ1) is 21.2. The summed E-state index contributed by atoms with van der Waals surface area (Å²) in [7, 11) is 1.58. The average molecular weight is 470 g/mol. The smallest absolute Gasteiger partial charge is 0.319 e. The molecule has 0 fully saturated rings. The minimum atomic E-state index is -0.353. The third kappa shape index (κ3) is 6.25. The molecule has 3 amide bonds. The van der Waals surface area contributed by atoms with Gasteiger partial charge in [0.15, 0.2) is 0 Å². The number of benzene rings is 2. The van der Waals surface area contributed by atoms with Gasteiger partial charge in [0.25, 0.3) is 0 Å². The highest BCUT2D eigenvalue weighted by molar-refractivity contribution is 9.10. The molecule has 1 heterocycles. The Balaban J connectivity index is 1.51. The first-order valence-electron chi connectivity index (χ1n) is 9.03. The molecule has 8 heteroatoms. The zero-order valence-electron chi connectivity index (χ0n) is 16.1. The Kier molecular flexibility index (Phi) is 7.29. The van der Waals surface area contributed by atoms with Crippen LogP contribution in [0.15, 0.2) is 75.8 Å². The Morgan fingerprint density at radius 3 is 2.47 bits per heavy atom. The summed E-state index contributed by atoms with van der Waals surface area (Å²) in [6, 6.07) is 15.5. The highest BCUT2D eigenvalue weighted by Gasteiger charge is 2.05. The molecule has 30 heavy (non-hydrogen) atoms. The van der Waals surface area contributed by atoms with Gasteiger partial charge in [-0.2, -0.15) is 0 Å². The molecule has 2 aromatic carbocycles. The van der Waals surface area contributed by atoms with Crippen LogP contribution in [0, 0.1) is 0 Å². The van der Waals surface area contributed by atoms with Gasteiger partial charge in [-0.25, -0.2) is 4.79 Å². The highest BCUT2D eigenvalue weighted by Crippen LogP contribution is 2.24. The summed E-state index contributed by atoms with van der Waals surface area (Å²) in [6.07, 6.45) is 4.66. The van der Waals surface area contributed by atoms with Crippen molar-refractivity contribution in [1.82, 2.24) is 5.32 Å². The largest absolute Gasteiger partial charge is 0.496 e. The van der Waals surface area contributed by atoms with Gasteiger partial charge in [-0.15, -0.1) is 0 Å². The molecule has 1 aromatic heterocycles. The van der Waals surface area contributed by atoms with Gasteiger partial charge >= 0.3 is 6.03 Å². The molecule has 0 saturated heterocycles. The minimum absolute atomic E-state index is 0.283. The molecule has 0 atom stereocenters. The SMILES string of the molecule is COc1ccc(Br)cc1/C=C/C(=O)Nc1ccc(NC(=O)NCc2ccco2)cc1. The lowest BCUT2D eigenvalue weighted by Gasteiger charge is -2.08. The summed E-state index contributed by atoms with van der Waals surface area (Å²) in [5, 5.41) is 8.17. The van der Waals surface area contributed by atoms with Crippen LogP contribution in [0.5, 0.6) is 5.75 Å². The Labute approximate surface area is 182 Å². The highest BCUT2D eigenvalue weighted by atomic mass is 79.9. The number of furan rings is 1. The van der Waals surface area contributed by atoms with E-state index >= 15 is 0 Å². The van der Waals surface area contributed by atoms with Crippen LogP contribution in [0.3, 0.4) is 0 Å². The zero-order valence-corrected chi connectivity index (χ0v) is 17.7. The second-order valence-corrected chi connectivity index (χ2v) is 7.09. The second-order valence-electron chi connectivity index (χ2n) is 6.17. The normalized spacial score (nSPS) is 10.6. The molecule has 0 radical (unpaired) electrons. The van der Waals surface area contributed by atoms with Crippen LogP contribution in [-0.2, 0) is 11.3 Å². The van der Waals surface area contributed by atoms with Gasteiger partial charge < -0.3 is 25.1 Å². The van der Waals surface area contributed by atoms with Crippen molar-refractivity contribution in [3.05, 3.63) is 82.7 Å². The molecule has 154 valence electrons.